The lowest BCUT2D eigenvalue weighted by Crippen LogP contribution is -2.43. The molecule has 5 nitrogen and oxygen atoms in total. The fourth-order valence-corrected chi connectivity index (χ4v) is 2.83. The average Bonchev–Trinajstić information content (AvgIpc) is 3.17. The average molecular weight is 263 g/mol. The Bertz CT molecular complexity index is 390. The number of likely N-dealkylation sites (tertiary alicyclic amines) is 1. The zero-order valence-electron chi connectivity index (χ0n) is 11.9. The summed E-state index contributed by atoms with van der Waals surface area (Å²) in [6, 6.07) is 0.737. The Morgan fingerprint density at radius 3 is 2.74 bits per heavy atom. The lowest BCUT2D eigenvalue weighted by atomic mass is 10.0. The van der Waals surface area contributed by atoms with Gasteiger partial charge < -0.3 is 5.32 Å². The van der Waals surface area contributed by atoms with Crippen molar-refractivity contribution in [3.63, 3.8) is 0 Å². The maximum absolute atomic E-state index is 4.36. The fourth-order valence-electron chi connectivity index (χ4n) is 2.83. The number of aryl methyl sites for hydroxylation is 1. The lowest BCUT2D eigenvalue weighted by molar-refractivity contribution is 0.183. The number of rotatable bonds is 6. The smallest absolute Gasteiger partial charge is 0.140 e. The molecule has 2 aliphatic rings. The second kappa shape index (κ2) is 6.01. The third kappa shape index (κ3) is 3.54. The zero-order chi connectivity index (χ0) is 13.1. The maximum Gasteiger partial charge on any atom is 0.140 e. The molecule has 1 aromatic heterocycles. The second-order valence-corrected chi connectivity index (χ2v) is 5.89. The summed E-state index contributed by atoms with van der Waals surface area (Å²) in [4.78, 5) is 6.87. The van der Waals surface area contributed by atoms with Gasteiger partial charge in [-0.15, -0.1) is 0 Å². The van der Waals surface area contributed by atoms with E-state index in [1.807, 2.05) is 4.68 Å². The molecule has 2 fully saturated rings. The van der Waals surface area contributed by atoms with Crippen molar-refractivity contribution in [3.05, 3.63) is 12.2 Å². The number of nitrogens with zero attached hydrogens (tertiary/aromatic N) is 4. The minimum atomic E-state index is 0.737. The molecule has 0 spiro atoms. The van der Waals surface area contributed by atoms with E-state index in [-0.39, 0.29) is 0 Å². The predicted octanol–water partition coefficient (Wildman–Crippen LogP) is 1.26. The molecule has 0 amide bonds. The van der Waals surface area contributed by atoms with Crippen LogP contribution in [0.5, 0.6) is 0 Å². The van der Waals surface area contributed by atoms with Crippen LogP contribution in [0.4, 0.5) is 0 Å². The molecule has 1 N–H and O–H groups in total. The third-order valence-corrected chi connectivity index (χ3v) is 4.34. The first-order valence-corrected chi connectivity index (χ1v) is 7.67. The monoisotopic (exact) mass is 263 g/mol. The van der Waals surface area contributed by atoms with Gasteiger partial charge in [-0.05, 0) is 45.1 Å². The number of hydrogen-bond acceptors (Lipinski definition) is 4. The summed E-state index contributed by atoms with van der Waals surface area (Å²) in [6.07, 6.45) is 7.10. The highest BCUT2D eigenvalue weighted by molar-refractivity contribution is 4.87. The van der Waals surface area contributed by atoms with Gasteiger partial charge in [-0.1, -0.05) is 0 Å². The Labute approximate surface area is 115 Å². The molecule has 1 aromatic rings. The molecule has 1 aliphatic carbocycles. The Kier molecular flexibility index (Phi) is 4.13. The molecule has 19 heavy (non-hydrogen) atoms. The normalized spacial score (nSPS) is 21.9. The van der Waals surface area contributed by atoms with Crippen LogP contribution in [0.1, 0.15) is 38.4 Å². The minimum Gasteiger partial charge on any atom is -0.314 e. The molecular formula is C14H25N5. The van der Waals surface area contributed by atoms with Crippen molar-refractivity contribution in [3.8, 4) is 0 Å². The van der Waals surface area contributed by atoms with Crippen LogP contribution in [0.3, 0.4) is 0 Å². The van der Waals surface area contributed by atoms with Crippen LogP contribution in [0.2, 0.25) is 0 Å². The highest BCUT2D eigenvalue weighted by Gasteiger charge is 2.24. The number of nitrogens with one attached hydrogen (secondary N) is 1. The van der Waals surface area contributed by atoms with E-state index in [1.165, 1.54) is 45.3 Å². The molecule has 0 bridgehead atoms. The van der Waals surface area contributed by atoms with Gasteiger partial charge in [0.15, 0.2) is 0 Å². The van der Waals surface area contributed by atoms with E-state index in [9.17, 15) is 0 Å². The van der Waals surface area contributed by atoms with Crippen LogP contribution in [0.25, 0.3) is 0 Å². The van der Waals surface area contributed by atoms with Gasteiger partial charge in [0.1, 0.15) is 12.2 Å². The molecule has 1 saturated carbocycles. The lowest BCUT2D eigenvalue weighted by Gasteiger charge is -2.32. The SMILES string of the molecule is CCn1ncnc1CN1CCC(NCC2CC2)CC1. The first-order chi connectivity index (χ1) is 9.35. The van der Waals surface area contributed by atoms with Gasteiger partial charge in [0.05, 0.1) is 6.54 Å². The topological polar surface area (TPSA) is 46.0 Å². The van der Waals surface area contributed by atoms with Crippen molar-refractivity contribution in [2.24, 2.45) is 5.92 Å². The fraction of sp³-hybridized carbons (Fsp3) is 0.857. The molecule has 0 radical (unpaired) electrons. The zero-order valence-corrected chi connectivity index (χ0v) is 11.9. The molecule has 5 heteroatoms. The van der Waals surface area contributed by atoms with Crippen LogP contribution >= 0.6 is 0 Å². The van der Waals surface area contributed by atoms with Crippen LogP contribution in [0, 0.1) is 5.92 Å². The first-order valence-electron chi connectivity index (χ1n) is 7.67. The van der Waals surface area contributed by atoms with Gasteiger partial charge in [-0.3, -0.25) is 4.90 Å². The second-order valence-electron chi connectivity index (χ2n) is 5.89. The molecule has 1 saturated heterocycles. The van der Waals surface area contributed by atoms with Gasteiger partial charge in [0, 0.05) is 25.7 Å². The molecule has 3 rings (SSSR count). The predicted molar refractivity (Wildman–Crippen MR) is 74.7 cm³/mol. The highest BCUT2D eigenvalue weighted by atomic mass is 15.3. The van der Waals surface area contributed by atoms with Crippen LogP contribution in [0.15, 0.2) is 6.33 Å². The summed E-state index contributed by atoms with van der Waals surface area (Å²) in [5, 5.41) is 7.96. The number of piperidine rings is 1. The van der Waals surface area contributed by atoms with Crippen LogP contribution in [-0.2, 0) is 13.1 Å². The molecule has 0 unspecified atom stereocenters. The van der Waals surface area contributed by atoms with Crippen molar-refractivity contribution in [1.29, 1.82) is 0 Å². The third-order valence-electron chi connectivity index (χ3n) is 4.34. The van der Waals surface area contributed by atoms with Crippen molar-refractivity contribution in [2.45, 2.75) is 51.7 Å². The minimum absolute atomic E-state index is 0.737. The Balaban J connectivity index is 1.42. The first kappa shape index (κ1) is 13.1. The number of hydrogen-bond donors (Lipinski definition) is 1. The maximum atomic E-state index is 4.36. The van der Waals surface area contributed by atoms with Gasteiger partial charge in [0.25, 0.3) is 0 Å². The van der Waals surface area contributed by atoms with Gasteiger partial charge in [-0.2, -0.15) is 5.10 Å². The van der Waals surface area contributed by atoms with E-state index in [0.717, 1.165) is 30.9 Å². The summed E-state index contributed by atoms with van der Waals surface area (Å²) in [7, 11) is 0. The van der Waals surface area contributed by atoms with E-state index < -0.39 is 0 Å². The summed E-state index contributed by atoms with van der Waals surface area (Å²) in [5.41, 5.74) is 0. The molecule has 1 aliphatic heterocycles. The van der Waals surface area contributed by atoms with Gasteiger partial charge in [-0.25, -0.2) is 9.67 Å². The summed E-state index contributed by atoms with van der Waals surface area (Å²) in [5.74, 6) is 2.09. The Morgan fingerprint density at radius 2 is 2.05 bits per heavy atom. The summed E-state index contributed by atoms with van der Waals surface area (Å²) in [6.45, 7) is 7.58. The summed E-state index contributed by atoms with van der Waals surface area (Å²) >= 11 is 0. The van der Waals surface area contributed by atoms with E-state index in [4.69, 9.17) is 0 Å². The highest BCUT2D eigenvalue weighted by Crippen LogP contribution is 2.28. The molecule has 0 atom stereocenters. The molecule has 2 heterocycles. The van der Waals surface area contributed by atoms with Gasteiger partial charge >= 0.3 is 0 Å². The quantitative estimate of drug-likeness (QED) is 0.839. The Morgan fingerprint density at radius 1 is 1.26 bits per heavy atom. The van der Waals surface area contributed by atoms with Crippen molar-refractivity contribution in [1.82, 2.24) is 25.0 Å². The van der Waals surface area contributed by atoms with Crippen molar-refractivity contribution in [2.75, 3.05) is 19.6 Å². The van der Waals surface area contributed by atoms with E-state index in [0.29, 0.717) is 0 Å². The Hall–Kier alpha value is -0.940. The van der Waals surface area contributed by atoms with Crippen LogP contribution in [-0.4, -0.2) is 45.3 Å². The van der Waals surface area contributed by atoms with Crippen molar-refractivity contribution >= 4 is 0 Å². The van der Waals surface area contributed by atoms with E-state index >= 15 is 0 Å². The van der Waals surface area contributed by atoms with Gasteiger partial charge in [0.2, 0.25) is 0 Å². The molecule has 106 valence electrons. The standard InChI is InChI=1S/C14H25N5/c1-2-19-14(16-11-17-19)10-18-7-5-13(6-8-18)15-9-12-3-4-12/h11-13,15H,2-10H2,1H3. The van der Waals surface area contributed by atoms with E-state index in [2.05, 4.69) is 27.2 Å². The molecular weight excluding hydrogens is 238 g/mol. The van der Waals surface area contributed by atoms with Crippen LogP contribution < -0.4 is 5.32 Å². The summed E-state index contributed by atoms with van der Waals surface area (Å²) < 4.78 is 2.00. The number of aromatic nitrogens is 3. The van der Waals surface area contributed by atoms with E-state index in [1.54, 1.807) is 6.33 Å². The largest absolute Gasteiger partial charge is 0.314 e. The molecule has 0 aromatic carbocycles. The van der Waals surface area contributed by atoms with Crippen molar-refractivity contribution < 1.29 is 0 Å².